The van der Waals surface area contributed by atoms with Crippen molar-refractivity contribution in [3.8, 4) is 11.5 Å². The van der Waals surface area contributed by atoms with Crippen molar-refractivity contribution in [2.75, 3.05) is 0 Å². The molecule has 1 atom stereocenters. The van der Waals surface area contributed by atoms with Crippen molar-refractivity contribution in [1.82, 2.24) is 15.1 Å². The fraction of sp³-hybridized carbons (Fsp3) is 0.350. The lowest BCUT2D eigenvalue weighted by atomic mass is 10.0. The van der Waals surface area contributed by atoms with Crippen LogP contribution < -0.4 is 0 Å². The van der Waals surface area contributed by atoms with Gasteiger partial charge in [0.2, 0.25) is 5.82 Å². The monoisotopic (exact) mass is 415 g/mol. The summed E-state index contributed by atoms with van der Waals surface area (Å²) in [6, 6.07) is 16.0. The minimum atomic E-state index is -0.725. The summed E-state index contributed by atoms with van der Waals surface area (Å²) >= 11 is 3.32. The normalized spacial score (nSPS) is 12.2. The predicted octanol–water partition coefficient (Wildman–Crippen LogP) is 5.12. The highest BCUT2D eigenvalue weighted by molar-refractivity contribution is 9.10. The van der Waals surface area contributed by atoms with E-state index in [-0.39, 0.29) is 5.89 Å². The zero-order chi connectivity index (χ0) is 18.2. The van der Waals surface area contributed by atoms with Crippen LogP contribution in [0.2, 0.25) is 0 Å². The molecule has 0 aliphatic rings. The quantitative estimate of drug-likeness (QED) is 0.387. The van der Waals surface area contributed by atoms with E-state index in [0.717, 1.165) is 25.7 Å². The molecular formula is C20H22BrN3O2. The molecule has 26 heavy (non-hydrogen) atoms. The van der Waals surface area contributed by atoms with Gasteiger partial charge in [0.1, 0.15) is 16.4 Å². The van der Waals surface area contributed by atoms with Crippen molar-refractivity contribution in [2.24, 2.45) is 0 Å². The first-order valence-electron chi connectivity index (χ1n) is 8.91. The van der Waals surface area contributed by atoms with Crippen molar-refractivity contribution in [3.63, 3.8) is 0 Å². The van der Waals surface area contributed by atoms with Gasteiger partial charge in [-0.1, -0.05) is 60.8 Å². The van der Waals surface area contributed by atoms with E-state index < -0.39 is 6.10 Å². The summed E-state index contributed by atoms with van der Waals surface area (Å²) in [5.74, 6) is 0.647. The molecule has 3 rings (SSSR count). The summed E-state index contributed by atoms with van der Waals surface area (Å²) in [4.78, 5) is 8.55. The van der Waals surface area contributed by atoms with Gasteiger partial charge in [-0.15, -0.1) is 0 Å². The maximum Gasteiger partial charge on any atom is 0.255 e. The fourth-order valence-electron chi connectivity index (χ4n) is 2.80. The van der Waals surface area contributed by atoms with Gasteiger partial charge in [-0.25, -0.2) is 4.98 Å². The van der Waals surface area contributed by atoms with E-state index >= 15 is 0 Å². The van der Waals surface area contributed by atoms with E-state index in [1.54, 1.807) is 6.07 Å². The number of nitrogens with zero attached hydrogens (tertiary/aromatic N) is 3. The molecule has 1 N–H and O–H groups in total. The predicted molar refractivity (Wildman–Crippen MR) is 103 cm³/mol. The molecule has 0 saturated carbocycles. The summed E-state index contributed by atoms with van der Waals surface area (Å²) in [6.07, 6.45) is 5.34. The first-order chi connectivity index (χ1) is 12.7. The molecule has 0 aliphatic carbocycles. The lowest BCUT2D eigenvalue weighted by molar-refractivity contribution is 0.121. The molecule has 0 bridgehead atoms. The summed E-state index contributed by atoms with van der Waals surface area (Å²) in [5.41, 5.74) is 1.99. The Labute approximate surface area is 161 Å². The Morgan fingerprint density at radius 1 is 0.923 bits per heavy atom. The number of aliphatic hydroxyl groups is 1. The van der Waals surface area contributed by atoms with Crippen LogP contribution in [0.5, 0.6) is 0 Å². The van der Waals surface area contributed by atoms with Crippen molar-refractivity contribution in [3.05, 3.63) is 64.6 Å². The standard InChI is InChI=1S/C20H22BrN3O2/c21-18-14-8-12-16(22-18)19-23-20(26-24-19)17(25)13-7-2-1-4-9-15-10-5-3-6-11-15/h3,5-6,8,10-12,14,17,25H,1-2,4,7,9,13H2. The third-order valence-corrected chi connectivity index (χ3v) is 4.65. The lowest BCUT2D eigenvalue weighted by Gasteiger charge is -2.05. The second-order valence-corrected chi connectivity index (χ2v) is 7.07. The second kappa shape index (κ2) is 9.59. The van der Waals surface area contributed by atoms with Gasteiger partial charge in [-0.05, 0) is 52.9 Å². The van der Waals surface area contributed by atoms with Crippen molar-refractivity contribution in [2.45, 2.75) is 44.6 Å². The number of aliphatic hydroxyl groups excluding tert-OH is 1. The van der Waals surface area contributed by atoms with Crippen LogP contribution in [0.4, 0.5) is 0 Å². The highest BCUT2D eigenvalue weighted by atomic mass is 79.9. The van der Waals surface area contributed by atoms with Crippen LogP contribution in [0, 0.1) is 0 Å². The van der Waals surface area contributed by atoms with Gasteiger partial charge in [0.05, 0.1) is 0 Å². The summed E-state index contributed by atoms with van der Waals surface area (Å²) in [5, 5.41) is 14.2. The van der Waals surface area contributed by atoms with Gasteiger partial charge in [-0.3, -0.25) is 0 Å². The molecule has 0 amide bonds. The number of benzene rings is 1. The molecule has 0 spiro atoms. The van der Waals surface area contributed by atoms with Gasteiger partial charge < -0.3 is 9.63 Å². The Balaban J connectivity index is 1.39. The van der Waals surface area contributed by atoms with Crippen LogP contribution in [-0.4, -0.2) is 20.2 Å². The molecule has 0 radical (unpaired) electrons. The number of aromatic nitrogens is 3. The van der Waals surface area contributed by atoms with E-state index in [9.17, 15) is 5.11 Å². The maximum atomic E-state index is 10.2. The number of rotatable bonds is 9. The fourth-order valence-corrected chi connectivity index (χ4v) is 3.14. The minimum absolute atomic E-state index is 0.256. The number of pyridine rings is 1. The second-order valence-electron chi connectivity index (χ2n) is 6.26. The molecule has 5 nitrogen and oxygen atoms in total. The van der Waals surface area contributed by atoms with Gasteiger partial charge in [0, 0.05) is 0 Å². The van der Waals surface area contributed by atoms with Crippen molar-refractivity contribution < 1.29 is 9.63 Å². The number of unbranched alkanes of at least 4 members (excludes halogenated alkanes) is 3. The van der Waals surface area contributed by atoms with Crippen molar-refractivity contribution >= 4 is 15.9 Å². The Morgan fingerprint density at radius 2 is 1.73 bits per heavy atom. The average molecular weight is 416 g/mol. The van der Waals surface area contributed by atoms with E-state index in [1.165, 1.54) is 12.0 Å². The van der Waals surface area contributed by atoms with Crippen LogP contribution in [0.3, 0.4) is 0 Å². The summed E-state index contributed by atoms with van der Waals surface area (Å²) in [6.45, 7) is 0. The van der Waals surface area contributed by atoms with E-state index in [0.29, 0.717) is 22.5 Å². The Morgan fingerprint density at radius 3 is 2.54 bits per heavy atom. The summed E-state index contributed by atoms with van der Waals surface area (Å²) < 4.78 is 5.90. The van der Waals surface area contributed by atoms with Gasteiger partial charge in [0.25, 0.3) is 5.89 Å². The van der Waals surface area contributed by atoms with Crippen LogP contribution in [-0.2, 0) is 6.42 Å². The number of hydrogen-bond acceptors (Lipinski definition) is 5. The Hall–Kier alpha value is -2.05. The van der Waals surface area contributed by atoms with E-state index in [4.69, 9.17) is 4.52 Å². The summed E-state index contributed by atoms with van der Waals surface area (Å²) in [7, 11) is 0. The lowest BCUT2D eigenvalue weighted by Crippen LogP contribution is -1.98. The van der Waals surface area contributed by atoms with Gasteiger partial charge in [-0.2, -0.15) is 4.98 Å². The molecule has 1 aromatic carbocycles. The average Bonchev–Trinajstić information content (AvgIpc) is 3.15. The Kier molecular flexibility index (Phi) is 6.91. The van der Waals surface area contributed by atoms with Crippen LogP contribution >= 0.6 is 15.9 Å². The van der Waals surface area contributed by atoms with Gasteiger partial charge in [0.15, 0.2) is 0 Å². The number of halogens is 1. The van der Waals surface area contributed by atoms with E-state index in [2.05, 4.69) is 55.3 Å². The first-order valence-corrected chi connectivity index (χ1v) is 9.70. The third-order valence-electron chi connectivity index (χ3n) is 4.21. The smallest absolute Gasteiger partial charge is 0.255 e. The number of hydrogen-bond donors (Lipinski definition) is 1. The third kappa shape index (κ3) is 5.47. The van der Waals surface area contributed by atoms with Crippen LogP contribution in [0.1, 0.15) is 49.7 Å². The van der Waals surface area contributed by atoms with Crippen LogP contribution in [0.15, 0.2) is 57.7 Å². The van der Waals surface area contributed by atoms with E-state index in [1.807, 2.05) is 18.2 Å². The van der Waals surface area contributed by atoms with Crippen molar-refractivity contribution in [1.29, 1.82) is 0 Å². The number of aryl methyl sites for hydroxylation is 1. The molecular weight excluding hydrogens is 394 g/mol. The molecule has 0 aliphatic heterocycles. The molecule has 2 heterocycles. The zero-order valence-electron chi connectivity index (χ0n) is 14.5. The first kappa shape index (κ1) is 18.7. The topological polar surface area (TPSA) is 72.0 Å². The van der Waals surface area contributed by atoms with Gasteiger partial charge >= 0.3 is 0 Å². The maximum absolute atomic E-state index is 10.2. The highest BCUT2D eigenvalue weighted by Gasteiger charge is 2.17. The molecule has 0 saturated heterocycles. The molecule has 0 fully saturated rings. The molecule has 136 valence electrons. The SMILES string of the molecule is OC(CCCCCCc1ccccc1)c1nc(-c2cccc(Br)n2)no1. The molecule has 6 heteroatoms. The largest absolute Gasteiger partial charge is 0.383 e. The Bertz CT molecular complexity index is 808. The van der Waals surface area contributed by atoms with Crippen LogP contribution in [0.25, 0.3) is 11.5 Å². The molecule has 3 aromatic rings. The zero-order valence-corrected chi connectivity index (χ0v) is 16.1. The minimum Gasteiger partial charge on any atom is -0.383 e. The highest BCUT2D eigenvalue weighted by Crippen LogP contribution is 2.22. The molecule has 2 aromatic heterocycles. The molecule has 1 unspecified atom stereocenters.